The number of rotatable bonds is 4. The van der Waals surface area contributed by atoms with Crippen LogP contribution >= 0.6 is 11.6 Å². The maximum Gasteiger partial charge on any atom is 0.327 e. The lowest BCUT2D eigenvalue weighted by Gasteiger charge is -2.05. The van der Waals surface area contributed by atoms with Crippen molar-refractivity contribution in [3.8, 4) is 0 Å². The first-order chi connectivity index (χ1) is 11.2. The molecule has 23 heavy (non-hydrogen) atoms. The van der Waals surface area contributed by atoms with Crippen LogP contribution < -0.4 is 10.6 Å². The van der Waals surface area contributed by atoms with Crippen LogP contribution in [0.1, 0.15) is 11.5 Å². The van der Waals surface area contributed by atoms with Crippen LogP contribution in [0.3, 0.4) is 0 Å². The lowest BCUT2D eigenvalue weighted by Crippen LogP contribution is -2.19. The van der Waals surface area contributed by atoms with E-state index in [0.717, 1.165) is 5.56 Å². The van der Waals surface area contributed by atoms with E-state index in [0.29, 0.717) is 23.0 Å². The molecule has 2 aromatic carbocycles. The average molecular weight is 329 g/mol. The molecule has 0 bridgehead atoms. The number of benzene rings is 2. The van der Waals surface area contributed by atoms with Gasteiger partial charge in [-0.25, -0.2) is 4.79 Å². The predicted molar refractivity (Wildman–Crippen MR) is 87.6 cm³/mol. The standard InChI is InChI=1S/C16H13ClN4O2/c17-12-8-4-5-9-13(12)18-15(22)19-16-21-20-14(23-16)10-11-6-2-1-3-7-11/h1-9H,10H2,(H2,18,19,21,22). The van der Waals surface area contributed by atoms with E-state index >= 15 is 0 Å². The van der Waals surface area contributed by atoms with E-state index in [1.54, 1.807) is 24.3 Å². The fraction of sp³-hybridized carbons (Fsp3) is 0.0625. The number of nitrogens with one attached hydrogen (secondary N) is 2. The Bertz CT molecular complexity index is 805. The molecule has 1 heterocycles. The lowest BCUT2D eigenvalue weighted by atomic mass is 10.2. The van der Waals surface area contributed by atoms with Gasteiger partial charge in [0, 0.05) is 0 Å². The molecule has 2 amide bonds. The van der Waals surface area contributed by atoms with Gasteiger partial charge >= 0.3 is 12.0 Å². The molecule has 0 saturated carbocycles. The summed E-state index contributed by atoms with van der Waals surface area (Å²) in [7, 11) is 0. The van der Waals surface area contributed by atoms with Crippen LogP contribution in [-0.4, -0.2) is 16.2 Å². The van der Waals surface area contributed by atoms with Crippen molar-refractivity contribution < 1.29 is 9.21 Å². The molecule has 0 aliphatic carbocycles. The Morgan fingerprint density at radius 1 is 1.00 bits per heavy atom. The smallest absolute Gasteiger partial charge is 0.327 e. The number of aromatic nitrogens is 2. The Morgan fingerprint density at radius 3 is 2.52 bits per heavy atom. The van der Waals surface area contributed by atoms with E-state index < -0.39 is 6.03 Å². The zero-order valence-electron chi connectivity index (χ0n) is 12.0. The number of amides is 2. The first-order valence-corrected chi connectivity index (χ1v) is 7.27. The molecule has 3 aromatic rings. The van der Waals surface area contributed by atoms with Gasteiger partial charge in [-0.3, -0.25) is 5.32 Å². The molecule has 0 aliphatic rings. The van der Waals surface area contributed by atoms with Crippen molar-refractivity contribution in [1.29, 1.82) is 0 Å². The second-order valence-corrected chi connectivity index (χ2v) is 5.13. The van der Waals surface area contributed by atoms with E-state index in [-0.39, 0.29) is 6.01 Å². The first-order valence-electron chi connectivity index (χ1n) is 6.89. The number of para-hydroxylation sites is 1. The molecule has 116 valence electrons. The molecule has 0 fully saturated rings. The molecular formula is C16H13ClN4O2. The monoisotopic (exact) mass is 328 g/mol. The van der Waals surface area contributed by atoms with Gasteiger partial charge in [-0.15, -0.1) is 5.10 Å². The zero-order chi connectivity index (χ0) is 16.1. The number of nitrogens with zero attached hydrogens (tertiary/aromatic N) is 2. The van der Waals surface area contributed by atoms with Crippen molar-refractivity contribution in [2.75, 3.05) is 10.6 Å². The minimum atomic E-state index is -0.506. The molecule has 0 saturated heterocycles. The summed E-state index contributed by atoms with van der Waals surface area (Å²) >= 11 is 5.97. The molecule has 7 heteroatoms. The van der Waals surface area contributed by atoms with Crippen LogP contribution in [-0.2, 0) is 6.42 Å². The SMILES string of the molecule is O=C(Nc1nnc(Cc2ccccc2)o1)Nc1ccccc1Cl. The number of anilines is 2. The van der Waals surface area contributed by atoms with Crippen molar-refractivity contribution in [2.45, 2.75) is 6.42 Å². The molecule has 0 aliphatic heterocycles. The zero-order valence-corrected chi connectivity index (χ0v) is 12.7. The van der Waals surface area contributed by atoms with Gasteiger partial charge in [0.25, 0.3) is 0 Å². The number of carbonyl (C=O) groups is 1. The minimum Gasteiger partial charge on any atom is -0.407 e. The van der Waals surface area contributed by atoms with Gasteiger partial charge in [-0.1, -0.05) is 59.2 Å². The predicted octanol–water partition coefficient (Wildman–Crippen LogP) is 3.96. The molecule has 3 rings (SSSR count). The van der Waals surface area contributed by atoms with Gasteiger partial charge in [-0.2, -0.15) is 0 Å². The number of hydrogen-bond donors (Lipinski definition) is 2. The van der Waals surface area contributed by atoms with Gasteiger partial charge in [0.05, 0.1) is 17.1 Å². The molecular weight excluding hydrogens is 316 g/mol. The largest absolute Gasteiger partial charge is 0.407 e. The van der Waals surface area contributed by atoms with Crippen molar-refractivity contribution in [1.82, 2.24) is 10.2 Å². The van der Waals surface area contributed by atoms with Gasteiger partial charge in [-0.05, 0) is 17.7 Å². The van der Waals surface area contributed by atoms with E-state index in [1.165, 1.54) is 0 Å². The number of hydrogen-bond acceptors (Lipinski definition) is 4. The van der Waals surface area contributed by atoms with Gasteiger partial charge < -0.3 is 9.73 Å². The molecule has 1 aromatic heterocycles. The summed E-state index contributed by atoms with van der Waals surface area (Å²) in [6.45, 7) is 0. The molecule has 2 N–H and O–H groups in total. The number of urea groups is 1. The fourth-order valence-corrected chi connectivity index (χ4v) is 2.14. The lowest BCUT2D eigenvalue weighted by molar-refractivity contribution is 0.261. The van der Waals surface area contributed by atoms with E-state index in [1.807, 2.05) is 30.3 Å². The minimum absolute atomic E-state index is 0.0282. The summed E-state index contributed by atoms with van der Waals surface area (Å²) in [4.78, 5) is 11.9. The quantitative estimate of drug-likeness (QED) is 0.759. The van der Waals surface area contributed by atoms with Crippen LogP contribution in [0.4, 0.5) is 16.5 Å². The Hall–Kier alpha value is -2.86. The average Bonchev–Trinajstić information content (AvgIpc) is 2.97. The van der Waals surface area contributed by atoms with Gasteiger partial charge in [0.15, 0.2) is 0 Å². The summed E-state index contributed by atoms with van der Waals surface area (Å²) in [6.07, 6.45) is 0.502. The highest BCUT2D eigenvalue weighted by molar-refractivity contribution is 6.33. The van der Waals surface area contributed by atoms with E-state index in [4.69, 9.17) is 16.0 Å². The van der Waals surface area contributed by atoms with Gasteiger partial charge in [0.2, 0.25) is 5.89 Å². The first kappa shape index (κ1) is 15.1. The summed E-state index contributed by atoms with van der Waals surface area (Å²) in [5.74, 6) is 0.421. The molecule has 0 atom stereocenters. The third-order valence-corrected chi connectivity index (χ3v) is 3.34. The Balaban J connectivity index is 1.60. The highest BCUT2D eigenvalue weighted by Gasteiger charge is 2.11. The normalized spacial score (nSPS) is 10.3. The van der Waals surface area contributed by atoms with E-state index in [2.05, 4.69) is 20.8 Å². The third-order valence-electron chi connectivity index (χ3n) is 3.01. The second-order valence-electron chi connectivity index (χ2n) is 4.72. The van der Waals surface area contributed by atoms with Crippen molar-refractivity contribution in [2.24, 2.45) is 0 Å². The maximum absolute atomic E-state index is 11.9. The van der Waals surface area contributed by atoms with Crippen LogP contribution in [0.15, 0.2) is 59.0 Å². The van der Waals surface area contributed by atoms with Crippen molar-refractivity contribution in [3.05, 3.63) is 71.1 Å². The second kappa shape index (κ2) is 6.93. The topological polar surface area (TPSA) is 80.1 Å². The van der Waals surface area contributed by atoms with Gasteiger partial charge in [0.1, 0.15) is 0 Å². The maximum atomic E-state index is 11.9. The summed E-state index contributed by atoms with van der Waals surface area (Å²) in [5, 5.41) is 13.2. The van der Waals surface area contributed by atoms with Crippen LogP contribution in [0.25, 0.3) is 0 Å². The molecule has 0 spiro atoms. The Morgan fingerprint density at radius 2 is 1.74 bits per heavy atom. The highest BCUT2D eigenvalue weighted by atomic mass is 35.5. The molecule has 6 nitrogen and oxygen atoms in total. The van der Waals surface area contributed by atoms with Crippen LogP contribution in [0, 0.1) is 0 Å². The number of halogens is 1. The van der Waals surface area contributed by atoms with Crippen LogP contribution in [0.2, 0.25) is 5.02 Å². The number of carbonyl (C=O) groups excluding carboxylic acids is 1. The van der Waals surface area contributed by atoms with Crippen molar-refractivity contribution >= 4 is 29.3 Å². The third kappa shape index (κ3) is 4.08. The molecule has 0 unspecified atom stereocenters. The summed E-state index contributed by atoms with van der Waals surface area (Å²) in [6, 6.07) is 16.2. The fourth-order valence-electron chi connectivity index (χ4n) is 1.96. The van der Waals surface area contributed by atoms with Crippen LogP contribution in [0.5, 0.6) is 0 Å². The summed E-state index contributed by atoms with van der Waals surface area (Å²) in [5.41, 5.74) is 1.54. The Kier molecular flexibility index (Phi) is 4.54. The summed E-state index contributed by atoms with van der Waals surface area (Å²) < 4.78 is 5.40. The Labute approximate surface area is 137 Å². The molecule has 0 radical (unpaired) electrons. The highest BCUT2D eigenvalue weighted by Crippen LogP contribution is 2.20. The van der Waals surface area contributed by atoms with Crippen molar-refractivity contribution in [3.63, 3.8) is 0 Å². The van der Waals surface area contributed by atoms with E-state index in [9.17, 15) is 4.79 Å².